The van der Waals surface area contributed by atoms with E-state index in [1.54, 1.807) is 5.01 Å². The summed E-state index contributed by atoms with van der Waals surface area (Å²) >= 11 is 0. The highest BCUT2D eigenvalue weighted by Crippen LogP contribution is 2.25. The lowest BCUT2D eigenvalue weighted by molar-refractivity contribution is -0.118. The van der Waals surface area contributed by atoms with E-state index in [0.29, 0.717) is 31.3 Å². The van der Waals surface area contributed by atoms with Crippen molar-refractivity contribution in [3.05, 3.63) is 30.3 Å². The van der Waals surface area contributed by atoms with Crippen LogP contribution in [-0.2, 0) is 9.59 Å². The number of ketones is 1. The fourth-order valence-electron chi connectivity index (χ4n) is 4.79. The molecule has 32 heavy (non-hydrogen) atoms. The molecule has 2 aliphatic heterocycles. The lowest BCUT2D eigenvalue weighted by Crippen LogP contribution is -2.52. The van der Waals surface area contributed by atoms with Crippen LogP contribution in [0.1, 0.15) is 58.3 Å². The molecule has 0 radical (unpaired) electrons. The number of piperidine rings is 1. The molecule has 1 aliphatic carbocycles. The third-order valence-electron chi connectivity index (χ3n) is 6.71. The summed E-state index contributed by atoms with van der Waals surface area (Å²) in [5.74, 6) is -0.238. The molecular weight excluding hydrogens is 406 g/mol. The predicted octanol–water partition coefficient (Wildman–Crippen LogP) is 2.83. The van der Waals surface area contributed by atoms with Crippen molar-refractivity contribution in [3.8, 4) is 0 Å². The highest BCUT2D eigenvalue weighted by molar-refractivity contribution is 6.40. The summed E-state index contributed by atoms with van der Waals surface area (Å²) < 4.78 is 0. The van der Waals surface area contributed by atoms with Gasteiger partial charge in [0, 0.05) is 31.6 Å². The zero-order valence-corrected chi connectivity index (χ0v) is 18.8. The van der Waals surface area contributed by atoms with E-state index >= 15 is 0 Å². The summed E-state index contributed by atoms with van der Waals surface area (Å²) in [7, 11) is 0. The van der Waals surface area contributed by atoms with Crippen LogP contribution in [0.4, 0.5) is 10.5 Å². The van der Waals surface area contributed by atoms with Crippen LogP contribution >= 0.6 is 0 Å². The number of rotatable bonds is 5. The standard InChI is InChI=1S/C24H33N5O3/c1-17(30)22-16-21(27-29(22)20-10-6-3-7-11-20)23(31)25-19-12-14-28(15-13-19)24(32)26-18-8-4-2-5-9-18/h3,6-7,10-11,18-19,22H,2,4-5,8-9,12-16H2,1H3,(H,25,31)(H,26,32). The van der Waals surface area contributed by atoms with Gasteiger partial charge in [-0.15, -0.1) is 0 Å². The Hall–Kier alpha value is -2.90. The Balaban J connectivity index is 1.29. The molecule has 0 aromatic heterocycles. The lowest BCUT2D eigenvalue weighted by Gasteiger charge is -2.34. The molecule has 8 nitrogen and oxygen atoms in total. The fourth-order valence-corrected chi connectivity index (χ4v) is 4.79. The average Bonchev–Trinajstić information content (AvgIpc) is 3.27. The molecule has 8 heteroatoms. The monoisotopic (exact) mass is 439 g/mol. The number of anilines is 1. The number of likely N-dealkylation sites (tertiary alicyclic amines) is 1. The Labute approximate surface area is 189 Å². The number of hydrogen-bond acceptors (Lipinski definition) is 5. The fraction of sp³-hybridized carbons (Fsp3) is 0.583. The first-order valence-corrected chi connectivity index (χ1v) is 11.8. The molecule has 4 rings (SSSR count). The van der Waals surface area contributed by atoms with E-state index in [9.17, 15) is 14.4 Å². The number of Topliss-reactive ketones (excluding diaryl/α,β-unsaturated/α-hetero) is 1. The van der Waals surface area contributed by atoms with E-state index < -0.39 is 6.04 Å². The van der Waals surface area contributed by atoms with Crippen molar-refractivity contribution >= 4 is 29.1 Å². The third-order valence-corrected chi connectivity index (χ3v) is 6.71. The second kappa shape index (κ2) is 10.1. The van der Waals surface area contributed by atoms with Crippen LogP contribution in [0.5, 0.6) is 0 Å². The highest BCUT2D eigenvalue weighted by atomic mass is 16.2. The van der Waals surface area contributed by atoms with Gasteiger partial charge in [0.25, 0.3) is 5.91 Å². The maximum Gasteiger partial charge on any atom is 0.317 e. The Bertz CT molecular complexity index is 858. The second-order valence-electron chi connectivity index (χ2n) is 9.08. The third kappa shape index (κ3) is 5.29. The molecule has 1 aromatic rings. The van der Waals surface area contributed by atoms with Gasteiger partial charge >= 0.3 is 6.03 Å². The first-order valence-electron chi connectivity index (χ1n) is 11.8. The quantitative estimate of drug-likeness (QED) is 0.738. The van der Waals surface area contributed by atoms with Crippen molar-refractivity contribution in [2.45, 2.75) is 76.4 Å². The zero-order valence-electron chi connectivity index (χ0n) is 18.8. The first-order chi connectivity index (χ1) is 15.5. The van der Waals surface area contributed by atoms with Gasteiger partial charge in [-0.3, -0.25) is 14.6 Å². The first kappa shape index (κ1) is 22.3. The number of hydrogen-bond donors (Lipinski definition) is 2. The summed E-state index contributed by atoms with van der Waals surface area (Å²) in [6.45, 7) is 2.79. The molecule has 2 N–H and O–H groups in total. The van der Waals surface area contributed by atoms with Crippen molar-refractivity contribution in [2.75, 3.05) is 18.1 Å². The van der Waals surface area contributed by atoms with E-state index in [4.69, 9.17) is 0 Å². The molecule has 1 atom stereocenters. The number of carbonyl (C=O) groups excluding carboxylic acids is 3. The molecule has 0 bridgehead atoms. The SMILES string of the molecule is CC(=O)C1CC(C(=O)NC2CCN(C(=O)NC3CCCCC3)CC2)=NN1c1ccccc1. The summed E-state index contributed by atoms with van der Waals surface area (Å²) in [6.07, 6.45) is 7.52. The number of hydrazone groups is 1. The van der Waals surface area contributed by atoms with Gasteiger partial charge in [-0.1, -0.05) is 37.5 Å². The molecule has 1 unspecified atom stereocenters. The van der Waals surface area contributed by atoms with Crippen LogP contribution < -0.4 is 15.6 Å². The van der Waals surface area contributed by atoms with Gasteiger partial charge in [0.15, 0.2) is 5.78 Å². The minimum atomic E-state index is -0.455. The Kier molecular flexibility index (Phi) is 7.07. The van der Waals surface area contributed by atoms with E-state index in [1.807, 2.05) is 35.2 Å². The summed E-state index contributed by atoms with van der Waals surface area (Å²) in [5.41, 5.74) is 1.18. The largest absolute Gasteiger partial charge is 0.348 e. The molecule has 172 valence electrons. The van der Waals surface area contributed by atoms with E-state index in [0.717, 1.165) is 31.4 Å². The van der Waals surface area contributed by atoms with Gasteiger partial charge in [0.2, 0.25) is 0 Å². The number of nitrogens with zero attached hydrogens (tertiary/aromatic N) is 3. The molecule has 3 aliphatic rings. The van der Waals surface area contributed by atoms with Crippen LogP contribution in [0, 0.1) is 0 Å². The van der Waals surface area contributed by atoms with Gasteiger partial charge in [0.1, 0.15) is 11.8 Å². The van der Waals surface area contributed by atoms with Crippen LogP contribution in [0.2, 0.25) is 0 Å². The minimum Gasteiger partial charge on any atom is -0.348 e. The van der Waals surface area contributed by atoms with Crippen LogP contribution in [0.3, 0.4) is 0 Å². The van der Waals surface area contributed by atoms with E-state index in [-0.39, 0.29) is 23.8 Å². The number of benzene rings is 1. The molecule has 2 heterocycles. The number of para-hydroxylation sites is 1. The average molecular weight is 440 g/mol. The molecular formula is C24H33N5O3. The maximum absolute atomic E-state index is 12.9. The predicted molar refractivity (Wildman–Crippen MR) is 124 cm³/mol. The Morgan fingerprint density at radius 3 is 2.22 bits per heavy atom. The van der Waals surface area contributed by atoms with Crippen LogP contribution in [0.25, 0.3) is 0 Å². The Morgan fingerprint density at radius 1 is 0.906 bits per heavy atom. The van der Waals surface area contributed by atoms with Crippen molar-refractivity contribution < 1.29 is 14.4 Å². The molecule has 3 amide bonds. The molecule has 2 fully saturated rings. The number of nitrogens with one attached hydrogen (secondary N) is 2. The molecule has 1 saturated carbocycles. The molecule has 0 spiro atoms. The van der Waals surface area contributed by atoms with E-state index in [2.05, 4.69) is 15.7 Å². The van der Waals surface area contributed by atoms with Crippen molar-refractivity contribution in [3.63, 3.8) is 0 Å². The molecule has 1 saturated heterocycles. The highest BCUT2D eigenvalue weighted by Gasteiger charge is 2.35. The number of amides is 3. The normalized spacial score (nSPS) is 22.4. The second-order valence-corrected chi connectivity index (χ2v) is 9.08. The summed E-state index contributed by atoms with van der Waals surface area (Å²) in [5, 5.41) is 12.4. The smallest absolute Gasteiger partial charge is 0.317 e. The van der Waals surface area contributed by atoms with Gasteiger partial charge in [-0.25, -0.2) is 4.79 Å². The van der Waals surface area contributed by atoms with Crippen LogP contribution in [0.15, 0.2) is 35.4 Å². The van der Waals surface area contributed by atoms with Gasteiger partial charge in [-0.2, -0.15) is 5.10 Å². The van der Waals surface area contributed by atoms with Gasteiger partial charge in [0.05, 0.1) is 5.69 Å². The summed E-state index contributed by atoms with van der Waals surface area (Å²) in [4.78, 5) is 39.4. The maximum atomic E-state index is 12.9. The topological polar surface area (TPSA) is 94.1 Å². The van der Waals surface area contributed by atoms with Crippen LogP contribution in [-0.4, -0.2) is 59.5 Å². The van der Waals surface area contributed by atoms with Crippen molar-refractivity contribution in [2.24, 2.45) is 5.10 Å². The number of carbonyl (C=O) groups is 3. The van der Waals surface area contributed by atoms with E-state index in [1.165, 1.54) is 26.2 Å². The van der Waals surface area contributed by atoms with Crippen molar-refractivity contribution in [1.82, 2.24) is 15.5 Å². The van der Waals surface area contributed by atoms with Crippen molar-refractivity contribution in [1.29, 1.82) is 0 Å². The summed E-state index contributed by atoms with van der Waals surface area (Å²) in [6, 6.07) is 9.32. The lowest BCUT2D eigenvalue weighted by atomic mass is 9.95. The number of urea groups is 1. The Morgan fingerprint density at radius 2 is 1.56 bits per heavy atom. The van der Waals surface area contributed by atoms with Gasteiger partial charge < -0.3 is 15.5 Å². The zero-order chi connectivity index (χ0) is 22.5. The minimum absolute atomic E-state index is 0.00508. The van der Waals surface area contributed by atoms with Gasteiger partial charge in [-0.05, 0) is 44.7 Å². The molecule has 1 aromatic carbocycles.